The Hall–Kier alpha value is -1.91. The molecule has 0 aliphatic carbocycles. The van der Waals surface area contributed by atoms with Gasteiger partial charge in [0.15, 0.2) is 0 Å². The molecular weight excluding hydrogens is 283 g/mol. The van der Waals surface area contributed by atoms with Crippen LogP contribution < -0.4 is 15.9 Å². The molecule has 0 aliphatic heterocycles. The summed E-state index contributed by atoms with van der Waals surface area (Å²) in [6.07, 6.45) is 0. The average molecular weight is 306 g/mol. The van der Waals surface area contributed by atoms with E-state index < -0.39 is 6.60 Å². The Morgan fingerprint density at radius 2 is 0.955 bits per heavy atom. The van der Waals surface area contributed by atoms with E-state index in [1.54, 1.807) is 0 Å². The van der Waals surface area contributed by atoms with Gasteiger partial charge in [-0.15, -0.1) is 0 Å². The van der Waals surface area contributed by atoms with E-state index in [1.807, 2.05) is 0 Å². The summed E-state index contributed by atoms with van der Waals surface area (Å²) in [5.74, 6) is 0. The van der Waals surface area contributed by atoms with Crippen molar-refractivity contribution in [2.45, 2.75) is 6.92 Å². The number of hydrogen-bond acceptors (Lipinski definition) is 0. The summed E-state index contributed by atoms with van der Waals surface area (Å²) in [4.78, 5) is 0. The first-order chi connectivity index (χ1) is 10.5. The minimum absolute atomic E-state index is 1.37. The van der Waals surface area contributed by atoms with Crippen LogP contribution in [0, 0.1) is 6.92 Å². The van der Waals surface area contributed by atoms with Gasteiger partial charge in [-0.2, -0.15) is 0 Å². The minimum atomic E-state index is -2.42. The topological polar surface area (TPSA) is 0 Å². The number of rotatable bonds is 3. The van der Waals surface area contributed by atoms with Crippen LogP contribution in [0.5, 0.6) is 0 Å². The normalized spacial score (nSPS) is 13.3. The Balaban J connectivity index is 2.41. The molecule has 3 aromatic rings. The number of benzene rings is 3. The summed E-state index contributed by atoms with van der Waals surface area (Å²) in [6.45, 7) is 4.75. The van der Waals surface area contributed by atoms with E-state index in [0.29, 0.717) is 0 Å². The molecule has 0 fully saturated rings. The SMILES string of the molecule is Cc1ccccc1P(C)(C)(c1ccccc1)c1ccccc1. The molecule has 3 aromatic carbocycles. The van der Waals surface area contributed by atoms with E-state index in [2.05, 4.69) is 105 Å². The van der Waals surface area contributed by atoms with Gasteiger partial charge in [0.05, 0.1) is 0 Å². The van der Waals surface area contributed by atoms with E-state index in [-0.39, 0.29) is 0 Å². The van der Waals surface area contributed by atoms with E-state index in [0.717, 1.165) is 0 Å². The van der Waals surface area contributed by atoms with Crippen LogP contribution in [-0.2, 0) is 0 Å². The molecule has 0 saturated carbocycles. The van der Waals surface area contributed by atoms with Crippen molar-refractivity contribution in [2.75, 3.05) is 13.3 Å². The summed E-state index contributed by atoms with van der Waals surface area (Å²) in [6, 6.07) is 30.8. The van der Waals surface area contributed by atoms with Crippen LogP contribution in [-0.4, -0.2) is 13.3 Å². The molecule has 0 atom stereocenters. The first-order valence-electron chi connectivity index (χ1n) is 7.71. The van der Waals surface area contributed by atoms with Crippen molar-refractivity contribution in [3.05, 3.63) is 90.5 Å². The summed E-state index contributed by atoms with van der Waals surface area (Å²) in [7, 11) is 0. The van der Waals surface area contributed by atoms with Gasteiger partial charge in [-0.3, -0.25) is 0 Å². The third-order valence-corrected chi connectivity index (χ3v) is 10.5. The molecule has 0 bridgehead atoms. The van der Waals surface area contributed by atoms with Gasteiger partial charge in [0.25, 0.3) is 0 Å². The van der Waals surface area contributed by atoms with Crippen LogP contribution in [0.3, 0.4) is 0 Å². The van der Waals surface area contributed by atoms with Gasteiger partial charge in [0.2, 0.25) is 0 Å². The summed E-state index contributed by atoms with van der Waals surface area (Å²) < 4.78 is 0. The molecule has 0 aliphatic rings. The fraction of sp³-hybridized carbons (Fsp3) is 0.143. The van der Waals surface area contributed by atoms with E-state index in [4.69, 9.17) is 0 Å². The Bertz CT molecular complexity index is 730. The molecule has 1 heteroatoms. The molecule has 112 valence electrons. The van der Waals surface area contributed by atoms with Gasteiger partial charge in [-0.1, -0.05) is 0 Å². The summed E-state index contributed by atoms with van der Waals surface area (Å²) in [5.41, 5.74) is 1.37. The number of aryl methyl sites for hydroxylation is 1. The van der Waals surface area contributed by atoms with Crippen LogP contribution in [0.15, 0.2) is 84.9 Å². The van der Waals surface area contributed by atoms with Crippen LogP contribution in [0.4, 0.5) is 0 Å². The van der Waals surface area contributed by atoms with Crippen LogP contribution in [0.25, 0.3) is 0 Å². The van der Waals surface area contributed by atoms with Crippen LogP contribution in [0.1, 0.15) is 5.56 Å². The molecule has 0 spiro atoms. The van der Waals surface area contributed by atoms with Gasteiger partial charge in [0.1, 0.15) is 0 Å². The molecule has 22 heavy (non-hydrogen) atoms. The van der Waals surface area contributed by atoms with Crippen molar-refractivity contribution in [3.63, 3.8) is 0 Å². The van der Waals surface area contributed by atoms with Crippen molar-refractivity contribution >= 4 is 22.5 Å². The molecule has 0 aromatic heterocycles. The summed E-state index contributed by atoms with van der Waals surface area (Å²) in [5, 5.41) is 4.36. The van der Waals surface area contributed by atoms with Crippen molar-refractivity contribution in [1.29, 1.82) is 0 Å². The molecule has 0 heterocycles. The zero-order valence-corrected chi connectivity index (χ0v) is 14.4. The Labute approximate surface area is 133 Å². The van der Waals surface area contributed by atoms with Crippen molar-refractivity contribution < 1.29 is 0 Å². The van der Waals surface area contributed by atoms with E-state index in [9.17, 15) is 0 Å². The third kappa shape index (κ3) is 2.19. The predicted octanol–water partition coefficient (Wildman–Crippen LogP) is 4.08. The van der Waals surface area contributed by atoms with E-state index in [1.165, 1.54) is 21.5 Å². The van der Waals surface area contributed by atoms with Crippen molar-refractivity contribution in [1.82, 2.24) is 0 Å². The van der Waals surface area contributed by atoms with E-state index >= 15 is 0 Å². The summed E-state index contributed by atoms with van der Waals surface area (Å²) >= 11 is 0. The second-order valence-corrected chi connectivity index (χ2v) is 12.3. The maximum absolute atomic E-state index is 2.47. The standard InChI is InChI=1S/C21H23P/c1-18-12-10-11-17-21(18)22(2,3,19-13-6-4-7-14-19)20-15-8-5-9-16-20/h4-17H,1-3H3. The fourth-order valence-electron chi connectivity index (χ4n) is 3.49. The van der Waals surface area contributed by atoms with Gasteiger partial charge in [-0.05, 0) is 0 Å². The average Bonchev–Trinajstić information content (AvgIpc) is 2.57. The monoisotopic (exact) mass is 306 g/mol. The van der Waals surface area contributed by atoms with Crippen molar-refractivity contribution in [2.24, 2.45) is 0 Å². The van der Waals surface area contributed by atoms with Gasteiger partial charge < -0.3 is 0 Å². The molecule has 0 radical (unpaired) electrons. The first kappa shape index (κ1) is 15.0. The Kier molecular flexibility index (Phi) is 3.67. The van der Waals surface area contributed by atoms with Crippen molar-refractivity contribution in [3.8, 4) is 0 Å². The first-order valence-corrected chi connectivity index (χ1v) is 10.8. The number of hydrogen-bond donors (Lipinski definition) is 0. The Morgan fingerprint density at radius 1 is 0.545 bits per heavy atom. The molecule has 0 N–H and O–H groups in total. The molecular formula is C21H23P. The molecule has 0 unspecified atom stereocenters. The maximum atomic E-state index is 2.47. The van der Waals surface area contributed by atoms with Gasteiger partial charge in [-0.25, -0.2) is 0 Å². The van der Waals surface area contributed by atoms with Gasteiger partial charge >= 0.3 is 133 Å². The zero-order chi connectivity index (χ0) is 15.7. The fourth-order valence-corrected chi connectivity index (χ4v) is 8.15. The van der Waals surface area contributed by atoms with Crippen LogP contribution in [0.2, 0.25) is 0 Å². The molecule has 0 saturated heterocycles. The second kappa shape index (κ2) is 5.38. The molecule has 0 amide bonds. The Morgan fingerprint density at radius 3 is 1.41 bits per heavy atom. The quantitative estimate of drug-likeness (QED) is 0.640. The second-order valence-electron chi connectivity index (χ2n) is 6.58. The van der Waals surface area contributed by atoms with Crippen LogP contribution >= 0.6 is 6.60 Å². The third-order valence-electron chi connectivity index (χ3n) is 4.90. The zero-order valence-electron chi connectivity index (χ0n) is 13.5. The molecule has 3 rings (SSSR count). The predicted molar refractivity (Wildman–Crippen MR) is 102 cm³/mol. The van der Waals surface area contributed by atoms with Gasteiger partial charge in [0, 0.05) is 0 Å². The molecule has 0 nitrogen and oxygen atoms in total.